The fraction of sp³-hybridized carbons (Fsp3) is 0.304. The Bertz CT molecular complexity index is 1200. The van der Waals surface area contributed by atoms with E-state index in [0.717, 1.165) is 22.6 Å². The van der Waals surface area contributed by atoms with Crippen molar-refractivity contribution in [3.63, 3.8) is 0 Å². The van der Waals surface area contributed by atoms with Crippen molar-refractivity contribution in [1.82, 2.24) is 20.2 Å². The van der Waals surface area contributed by atoms with Crippen LogP contribution in [0.25, 0.3) is 0 Å². The monoisotopic (exact) mass is 433 g/mol. The summed E-state index contributed by atoms with van der Waals surface area (Å²) in [6, 6.07) is 12.4. The molecule has 0 radical (unpaired) electrons. The molecule has 0 saturated heterocycles. The van der Waals surface area contributed by atoms with Gasteiger partial charge < -0.3 is 19.9 Å². The summed E-state index contributed by atoms with van der Waals surface area (Å²) in [6.45, 7) is 2.26. The molecule has 9 heteroatoms. The molecule has 1 aliphatic carbocycles. The molecule has 5 rings (SSSR count). The number of tetrazole rings is 1. The van der Waals surface area contributed by atoms with Crippen LogP contribution >= 0.6 is 0 Å². The van der Waals surface area contributed by atoms with Crippen molar-refractivity contribution in [1.29, 1.82) is 0 Å². The average molecular weight is 433 g/mol. The van der Waals surface area contributed by atoms with Gasteiger partial charge in [0.2, 0.25) is 5.95 Å². The Hall–Kier alpha value is -3.88. The number of Topliss-reactive ketones (excluding diaryl/α,β-unsaturated/α-hetero) is 1. The normalized spacial score (nSPS) is 19.8. The number of ether oxygens (including phenoxy) is 2. The molecule has 1 aliphatic heterocycles. The molecule has 32 heavy (non-hydrogen) atoms. The number of phenols is 1. The van der Waals surface area contributed by atoms with Gasteiger partial charge in [-0.1, -0.05) is 23.3 Å². The minimum atomic E-state index is -0.500. The quantitative estimate of drug-likeness (QED) is 0.631. The van der Waals surface area contributed by atoms with Crippen molar-refractivity contribution in [3.8, 4) is 17.2 Å². The molecule has 0 bridgehead atoms. The molecule has 2 aliphatic rings. The zero-order chi connectivity index (χ0) is 22.2. The molecule has 0 spiro atoms. The highest BCUT2D eigenvalue weighted by molar-refractivity contribution is 6.00. The molecule has 2 unspecified atom stereocenters. The largest absolute Gasteiger partial charge is 0.504 e. The van der Waals surface area contributed by atoms with E-state index in [1.807, 2.05) is 31.2 Å². The first kappa shape index (κ1) is 20.0. The van der Waals surface area contributed by atoms with Crippen molar-refractivity contribution in [2.45, 2.75) is 31.7 Å². The summed E-state index contributed by atoms with van der Waals surface area (Å²) in [4.78, 5) is 13.4. The summed E-state index contributed by atoms with van der Waals surface area (Å²) in [5.74, 6) is 1.74. The Kier molecular flexibility index (Phi) is 5.01. The highest BCUT2D eigenvalue weighted by atomic mass is 16.5. The molecule has 0 saturated carbocycles. The van der Waals surface area contributed by atoms with Gasteiger partial charge in [-0.3, -0.25) is 4.79 Å². The Morgan fingerprint density at radius 3 is 2.69 bits per heavy atom. The third kappa shape index (κ3) is 3.35. The molecule has 2 heterocycles. The molecule has 3 aromatic rings. The number of nitrogens with one attached hydrogen (secondary N) is 1. The number of allylic oxidation sites excluding steroid dienone is 2. The van der Waals surface area contributed by atoms with Crippen LogP contribution in [0.3, 0.4) is 0 Å². The van der Waals surface area contributed by atoms with E-state index in [2.05, 4.69) is 20.8 Å². The first-order valence-corrected chi connectivity index (χ1v) is 10.5. The molecule has 164 valence electrons. The summed E-state index contributed by atoms with van der Waals surface area (Å²) < 4.78 is 12.4. The number of fused-ring (bicyclic) bond motifs is 1. The standard InChI is InChI=1S/C23H23N5O4/c1-3-32-20-12-14(6-9-18(20)29)22-21-17(24-23-25-26-27-28(22)23)10-15(11-19(21)30)13-4-7-16(31-2)8-5-13/h4-9,12,15,22,29H,3,10-11H2,1-2H3,(H,24,25,27). The topological polar surface area (TPSA) is 111 Å². The highest BCUT2D eigenvalue weighted by Crippen LogP contribution is 2.44. The average Bonchev–Trinajstić information content (AvgIpc) is 3.27. The number of carbonyl (C=O) groups is 1. The van der Waals surface area contributed by atoms with Crippen LogP contribution in [0.1, 0.15) is 42.9 Å². The number of carbonyl (C=O) groups excluding carboxylic acids is 1. The number of ketones is 1. The molecular weight excluding hydrogens is 410 g/mol. The van der Waals surface area contributed by atoms with Crippen molar-refractivity contribution in [3.05, 3.63) is 64.9 Å². The summed E-state index contributed by atoms with van der Waals surface area (Å²) in [5, 5.41) is 25.4. The van der Waals surface area contributed by atoms with E-state index in [1.54, 1.807) is 30.0 Å². The van der Waals surface area contributed by atoms with Crippen molar-refractivity contribution >= 4 is 11.7 Å². The molecule has 2 aromatic carbocycles. The lowest BCUT2D eigenvalue weighted by Crippen LogP contribution is -2.33. The predicted molar refractivity (Wildman–Crippen MR) is 116 cm³/mol. The molecule has 9 nitrogen and oxygen atoms in total. The SMILES string of the molecule is CCOc1cc(C2C3=C(CC(c4ccc(OC)cc4)CC3=O)Nc3nnnn32)ccc1O. The van der Waals surface area contributed by atoms with Crippen LogP contribution in [0, 0.1) is 0 Å². The molecule has 2 N–H and O–H groups in total. The van der Waals surface area contributed by atoms with Crippen LogP contribution in [-0.2, 0) is 4.79 Å². The van der Waals surface area contributed by atoms with Gasteiger partial charge in [0.05, 0.1) is 13.7 Å². The minimum Gasteiger partial charge on any atom is -0.504 e. The number of hydrogen-bond acceptors (Lipinski definition) is 8. The summed E-state index contributed by atoms with van der Waals surface area (Å²) in [5.41, 5.74) is 3.31. The maximum absolute atomic E-state index is 13.4. The van der Waals surface area contributed by atoms with E-state index in [0.29, 0.717) is 36.7 Å². The predicted octanol–water partition coefficient (Wildman–Crippen LogP) is 3.20. The maximum atomic E-state index is 13.4. The zero-order valence-electron chi connectivity index (χ0n) is 17.8. The second-order valence-corrected chi connectivity index (χ2v) is 7.83. The Labute approximate surface area is 184 Å². The lowest BCUT2D eigenvalue weighted by atomic mass is 9.78. The van der Waals surface area contributed by atoms with Gasteiger partial charge in [-0.25, -0.2) is 0 Å². The Morgan fingerprint density at radius 2 is 1.94 bits per heavy atom. The number of nitrogens with zero attached hydrogens (tertiary/aromatic N) is 4. The minimum absolute atomic E-state index is 0.0387. The number of aromatic hydroxyl groups is 1. The second kappa shape index (κ2) is 7.99. The number of phenolic OH excluding ortho intramolecular Hbond substituents is 1. The smallest absolute Gasteiger partial charge is 0.248 e. The zero-order valence-corrected chi connectivity index (χ0v) is 17.8. The van der Waals surface area contributed by atoms with E-state index in [1.165, 1.54) is 0 Å². The van der Waals surface area contributed by atoms with Crippen molar-refractivity contribution < 1.29 is 19.4 Å². The van der Waals surface area contributed by atoms with Gasteiger partial charge in [0.15, 0.2) is 17.3 Å². The first-order chi connectivity index (χ1) is 15.6. The van der Waals surface area contributed by atoms with Crippen LogP contribution in [0.5, 0.6) is 17.2 Å². The van der Waals surface area contributed by atoms with E-state index in [4.69, 9.17) is 9.47 Å². The summed E-state index contributed by atoms with van der Waals surface area (Å²) in [7, 11) is 1.63. The molecule has 0 amide bonds. The highest BCUT2D eigenvalue weighted by Gasteiger charge is 2.39. The number of hydrogen-bond donors (Lipinski definition) is 2. The fourth-order valence-electron chi connectivity index (χ4n) is 4.47. The molecule has 2 atom stereocenters. The third-order valence-corrected chi connectivity index (χ3v) is 5.97. The third-order valence-electron chi connectivity index (χ3n) is 5.97. The van der Waals surface area contributed by atoms with Gasteiger partial charge in [0.1, 0.15) is 11.8 Å². The number of rotatable bonds is 5. The van der Waals surface area contributed by atoms with Gasteiger partial charge >= 0.3 is 0 Å². The lowest BCUT2D eigenvalue weighted by molar-refractivity contribution is -0.116. The number of anilines is 1. The van der Waals surface area contributed by atoms with Crippen LogP contribution in [0.2, 0.25) is 0 Å². The number of benzene rings is 2. The van der Waals surface area contributed by atoms with Crippen LogP contribution in [0.4, 0.5) is 5.95 Å². The summed E-state index contributed by atoms with van der Waals surface area (Å²) in [6.07, 6.45) is 1.05. The van der Waals surface area contributed by atoms with Gasteiger partial charge in [-0.05, 0) is 65.1 Å². The van der Waals surface area contributed by atoms with E-state index in [-0.39, 0.29) is 17.5 Å². The van der Waals surface area contributed by atoms with Crippen LogP contribution in [-0.4, -0.2) is 44.8 Å². The van der Waals surface area contributed by atoms with Gasteiger partial charge in [0, 0.05) is 17.7 Å². The van der Waals surface area contributed by atoms with E-state index < -0.39 is 6.04 Å². The lowest BCUT2D eigenvalue weighted by Gasteiger charge is -2.34. The number of aromatic nitrogens is 4. The van der Waals surface area contributed by atoms with Gasteiger partial charge in [0.25, 0.3) is 0 Å². The molecular formula is C23H23N5O4. The first-order valence-electron chi connectivity index (χ1n) is 10.5. The maximum Gasteiger partial charge on any atom is 0.248 e. The van der Waals surface area contributed by atoms with Gasteiger partial charge in [-0.15, -0.1) is 0 Å². The summed E-state index contributed by atoms with van der Waals surface area (Å²) >= 11 is 0. The number of methoxy groups -OCH3 is 1. The van der Waals surface area contributed by atoms with Crippen LogP contribution < -0.4 is 14.8 Å². The van der Waals surface area contributed by atoms with E-state index >= 15 is 0 Å². The van der Waals surface area contributed by atoms with E-state index in [9.17, 15) is 9.90 Å². The Morgan fingerprint density at radius 1 is 1.16 bits per heavy atom. The van der Waals surface area contributed by atoms with Crippen molar-refractivity contribution in [2.75, 3.05) is 19.0 Å². The van der Waals surface area contributed by atoms with Crippen molar-refractivity contribution in [2.24, 2.45) is 0 Å². The van der Waals surface area contributed by atoms with Gasteiger partial charge in [-0.2, -0.15) is 4.68 Å². The van der Waals surface area contributed by atoms with Crippen LogP contribution in [0.15, 0.2) is 53.7 Å². The Balaban J connectivity index is 1.56. The molecule has 1 aromatic heterocycles. The molecule has 0 fully saturated rings. The fourth-order valence-corrected chi connectivity index (χ4v) is 4.47. The second-order valence-electron chi connectivity index (χ2n) is 7.83.